The molecule has 0 spiro atoms. The SMILES string of the molecule is COc1cc(C(=O)O)ccc1C=CCCNC(C)=O. The highest BCUT2D eigenvalue weighted by molar-refractivity contribution is 5.88. The van der Waals surface area contributed by atoms with Crippen LogP contribution in [0.2, 0.25) is 0 Å². The standard InChI is InChI=1S/C14H17NO4/c1-10(16)15-8-4-3-5-11-6-7-12(14(17)18)9-13(11)19-2/h3,5-7,9H,4,8H2,1-2H3,(H,15,16)(H,17,18). The van der Waals surface area contributed by atoms with Gasteiger partial charge in [-0.15, -0.1) is 0 Å². The summed E-state index contributed by atoms with van der Waals surface area (Å²) < 4.78 is 5.15. The number of hydrogen-bond donors (Lipinski definition) is 2. The van der Waals surface area contributed by atoms with Crippen molar-refractivity contribution in [3.05, 3.63) is 35.4 Å². The Morgan fingerprint density at radius 2 is 2.16 bits per heavy atom. The third-order valence-corrected chi connectivity index (χ3v) is 2.46. The average molecular weight is 263 g/mol. The van der Waals surface area contributed by atoms with Gasteiger partial charge in [-0.25, -0.2) is 4.79 Å². The maximum absolute atomic E-state index is 10.8. The molecule has 0 aliphatic carbocycles. The molecule has 1 aromatic rings. The van der Waals surface area contributed by atoms with Gasteiger partial charge in [0.05, 0.1) is 12.7 Å². The minimum absolute atomic E-state index is 0.0585. The summed E-state index contributed by atoms with van der Waals surface area (Å²) >= 11 is 0. The fourth-order valence-corrected chi connectivity index (χ4v) is 1.52. The van der Waals surface area contributed by atoms with E-state index in [-0.39, 0.29) is 11.5 Å². The molecule has 0 bridgehead atoms. The highest BCUT2D eigenvalue weighted by Gasteiger charge is 2.06. The molecule has 19 heavy (non-hydrogen) atoms. The van der Waals surface area contributed by atoms with E-state index in [2.05, 4.69) is 5.32 Å². The normalized spacial score (nSPS) is 10.4. The van der Waals surface area contributed by atoms with Crippen molar-refractivity contribution in [1.82, 2.24) is 5.32 Å². The molecule has 0 aliphatic rings. The van der Waals surface area contributed by atoms with E-state index in [1.165, 1.54) is 26.2 Å². The molecule has 1 amide bonds. The Kier molecular flexibility index (Phi) is 5.60. The lowest BCUT2D eigenvalue weighted by molar-refractivity contribution is -0.118. The number of amides is 1. The van der Waals surface area contributed by atoms with Crippen LogP contribution in [-0.2, 0) is 4.79 Å². The molecule has 5 heteroatoms. The first-order valence-electron chi connectivity index (χ1n) is 5.87. The van der Waals surface area contributed by atoms with Gasteiger partial charge in [-0.2, -0.15) is 0 Å². The lowest BCUT2D eigenvalue weighted by Crippen LogP contribution is -2.20. The number of hydrogen-bond acceptors (Lipinski definition) is 3. The minimum atomic E-state index is -0.987. The van der Waals surface area contributed by atoms with E-state index in [0.717, 1.165) is 5.56 Å². The molecule has 1 rings (SSSR count). The van der Waals surface area contributed by atoms with E-state index in [9.17, 15) is 9.59 Å². The van der Waals surface area contributed by atoms with E-state index in [4.69, 9.17) is 9.84 Å². The van der Waals surface area contributed by atoms with Gasteiger partial charge in [0.1, 0.15) is 5.75 Å². The molecule has 102 valence electrons. The Balaban J connectivity index is 2.69. The van der Waals surface area contributed by atoms with Crippen molar-refractivity contribution in [2.24, 2.45) is 0 Å². The van der Waals surface area contributed by atoms with Crippen LogP contribution < -0.4 is 10.1 Å². The topological polar surface area (TPSA) is 75.6 Å². The second kappa shape index (κ2) is 7.20. The number of carboxylic acids is 1. The number of methoxy groups -OCH3 is 1. The molecule has 1 aromatic carbocycles. The highest BCUT2D eigenvalue weighted by atomic mass is 16.5. The predicted octanol–water partition coefficient (Wildman–Crippen LogP) is 1.93. The zero-order chi connectivity index (χ0) is 14.3. The number of carbonyl (C=O) groups is 2. The molecular formula is C14H17NO4. The Hall–Kier alpha value is -2.30. The molecule has 0 atom stereocenters. The molecule has 5 nitrogen and oxygen atoms in total. The van der Waals surface area contributed by atoms with Crippen LogP contribution in [0.1, 0.15) is 29.3 Å². The first-order valence-corrected chi connectivity index (χ1v) is 5.87. The van der Waals surface area contributed by atoms with Crippen LogP contribution in [0.4, 0.5) is 0 Å². The van der Waals surface area contributed by atoms with Gasteiger partial charge in [0.2, 0.25) is 5.91 Å². The molecule has 0 fully saturated rings. The summed E-state index contributed by atoms with van der Waals surface area (Å²) in [6, 6.07) is 4.70. The number of rotatable bonds is 6. The van der Waals surface area contributed by atoms with Crippen LogP contribution in [0, 0.1) is 0 Å². The van der Waals surface area contributed by atoms with Crippen molar-refractivity contribution in [3.8, 4) is 5.75 Å². The van der Waals surface area contributed by atoms with Crippen molar-refractivity contribution in [3.63, 3.8) is 0 Å². The molecular weight excluding hydrogens is 246 g/mol. The van der Waals surface area contributed by atoms with Crippen LogP contribution in [-0.4, -0.2) is 30.6 Å². The van der Waals surface area contributed by atoms with Gasteiger partial charge in [0, 0.05) is 19.0 Å². The second-order valence-corrected chi connectivity index (χ2v) is 3.94. The maximum Gasteiger partial charge on any atom is 0.335 e. The van der Waals surface area contributed by atoms with Gasteiger partial charge in [-0.3, -0.25) is 4.79 Å². The van der Waals surface area contributed by atoms with E-state index in [1.807, 2.05) is 12.2 Å². The fraction of sp³-hybridized carbons (Fsp3) is 0.286. The van der Waals surface area contributed by atoms with Crippen molar-refractivity contribution in [2.75, 3.05) is 13.7 Å². The van der Waals surface area contributed by atoms with Crippen molar-refractivity contribution >= 4 is 18.0 Å². The summed E-state index contributed by atoms with van der Waals surface area (Å²) in [6.07, 6.45) is 4.43. The second-order valence-electron chi connectivity index (χ2n) is 3.94. The Morgan fingerprint density at radius 3 is 2.74 bits per heavy atom. The first kappa shape index (κ1) is 14.8. The summed E-state index contributed by atoms with van der Waals surface area (Å²) in [5, 5.41) is 11.6. The lowest BCUT2D eigenvalue weighted by atomic mass is 10.1. The number of carbonyl (C=O) groups excluding carboxylic acids is 1. The molecule has 0 aromatic heterocycles. The number of aromatic carboxylic acids is 1. The molecule has 0 radical (unpaired) electrons. The van der Waals surface area contributed by atoms with Crippen LogP contribution in [0.5, 0.6) is 5.75 Å². The Labute approximate surface area is 111 Å². The molecule has 2 N–H and O–H groups in total. The number of nitrogens with one attached hydrogen (secondary N) is 1. The van der Waals surface area contributed by atoms with Crippen LogP contribution in [0.15, 0.2) is 24.3 Å². The predicted molar refractivity (Wildman–Crippen MR) is 72.3 cm³/mol. The zero-order valence-electron chi connectivity index (χ0n) is 11.0. The molecule has 0 saturated carbocycles. The first-order chi connectivity index (χ1) is 9.04. The van der Waals surface area contributed by atoms with Gasteiger partial charge < -0.3 is 15.2 Å². The molecule has 0 heterocycles. The smallest absolute Gasteiger partial charge is 0.335 e. The van der Waals surface area contributed by atoms with E-state index < -0.39 is 5.97 Å². The quantitative estimate of drug-likeness (QED) is 0.769. The molecule has 0 saturated heterocycles. The Bertz CT molecular complexity index is 494. The third-order valence-electron chi connectivity index (χ3n) is 2.46. The van der Waals surface area contributed by atoms with Crippen LogP contribution in [0.3, 0.4) is 0 Å². The minimum Gasteiger partial charge on any atom is -0.496 e. The number of carboxylic acid groups (broad SMARTS) is 1. The van der Waals surface area contributed by atoms with Gasteiger partial charge >= 0.3 is 5.97 Å². The lowest BCUT2D eigenvalue weighted by Gasteiger charge is -2.06. The zero-order valence-corrected chi connectivity index (χ0v) is 11.0. The number of ether oxygens (including phenoxy) is 1. The van der Waals surface area contributed by atoms with Crippen molar-refractivity contribution < 1.29 is 19.4 Å². The summed E-state index contributed by atoms with van der Waals surface area (Å²) in [5.41, 5.74) is 0.988. The van der Waals surface area contributed by atoms with Crippen molar-refractivity contribution in [2.45, 2.75) is 13.3 Å². The van der Waals surface area contributed by atoms with Crippen molar-refractivity contribution in [1.29, 1.82) is 0 Å². The Morgan fingerprint density at radius 1 is 1.42 bits per heavy atom. The van der Waals surface area contributed by atoms with Gasteiger partial charge in [0.25, 0.3) is 0 Å². The van der Waals surface area contributed by atoms with Gasteiger partial charge in [-0.1, -0.05) is 18.2 Å². The maximum atomic E-state index is 10.8. The van der Waals surface area contributed by atoms with E-state index >= 15 is 0 Å². The molecule has 0 unspecified atom stereocenters. The monoisotopic (exact) mass is 263 g/mol. The summed E-state index contributed by atoms with van der Waals surface area (Å²) in [7, 11) is 1.50. The summed E-state index contributed by atoms with van der Waals surface area (Å²) in [6.45, 7) is 2.04. The molecule has 0 aliphatic heterocycles. The largest absolute Gasteiger partial charge is 0.496 e. The van der Waals surface area contributed by atoms with E-state index in [0.29, 0.717) is 18.7 Å². The third kappa shape index (κ3) is 4.83. The van der Waals surface area contributed by atoms with Gasteiger partial charge in [-0.05, 0) is 18.6 Å². The highest BCUT2D eigenvalue weighted by Crippen LogP contribution is 2.21. The summed E-state index contributed by atoms with van der Waals surface area (Å²) in [5.74, 6) is -0.535. The fourth-order valence-electron chi connectivity index (χ4n) is 1.52. The van der Waals surface area contributed by atoms with Crippen LogP contribution >= 0.6 is 0 Å². The van der Waals surface area contributed by atoms with Crippen LogP contribution in [0.25, 0.3) is 6.08 Å². The van der Waals surface area contributed by atoms with Gasteiger partial charge in [0.15, 0.2) is 0 Å². The van der Waals surface area contributed by atoms with E-state index in [1.54, 1.807) is 6.07 Å². The summed E-state index contributed by atoms with van der Waals surface area (Å²) in [4.78, 5) is 21.5. The number of benzene rings is 1. The average Bonchev–Trinajstić information content (AvgIpc) is 2.37.